The van der Waals surface area contributed by atoms with Crippen molar-refractivity contribution in [3.63, 3.8) is 0 Å². The first-order valence-electron chi connectivity index (χ1n) is 7.60. The molecule has 1 aromatic rings. The minimum absolute atomic E-state index is 0.133. The molecule has 0 aromatic heterocycles. The van der Waals surface area contributed by atoms with Gasteiger partial charge in [0.25, 0.3) is 11.4 Å². The lowest BCUT2D eigenvalue weighted by Crippen LogP contribution is -2.35. The van der Waals surface area contributed by atoms with E-state index in [1.807, 2.05) is 0 Å². The fourth-order valence-electron chi connectivity index (χ4n) is 4.20. The Balaban J connectivity index is 1.58. The summed E-state index contributed by atoms with van der Waals surface area (Å²) in [6, 6.07) is 2.91. The summed E-state index contributed by atoms with van der Waals surface area (Å²) in [4.78, 5) is 32.6. The average Bonchev–Trinajstić information content (AvgIpc) is 3.20. The van der Waals surface area contributed by atoms with Crippen LogP contribution in [0.25, 0.3) is 0 Å². The van der Waals surface area contributed by atoms with Crippen molar-refractivity contribution in [1.82, 2.24) is 0 Å². The van der Waals surface area contributed by atoms with Crippen LogP contribution in [0.4, 0.5) is 11.4 Å². The van der Waals surface area contributed by atoms with Crippen LogP contribution in [0.1, 0.15) is 29.6 Å². The van der Waals surface area contributed by atoms with E-state index < -0.39 is 27.2 Å². The topological polar surface area (TPSA) is 113 Å². The Labute approximate surface area is 130 Å². The normalized spacial score (nSPS) is 33.1. The molecule has 1 aromatic carbocycles. The smallest absolute Gasteiger partial charge is 0.338 e. The molecule has 3 aliphatic carbocycles. The van der Waals surface area contributed by atoms with Crippen LogP contribution in [0.15, 0.2) is 18.2 Å². The molecule has 3 fully saturated rings. The van der Waals surface area contributed by atoms with Crippen LogP contribution in [0.2, 0.25) is 0 Å². The minimum Gasteiger partial charge on any atom is -0.458 e. The Morgan fingerprint density at radius 3 is 2.04 bits per heavy atom. The molecule has 0 N–H and O–H groups in total. The number of ether oxygens (including phenoxy) is 1. The van der Waals surface area contributed by atoms with Crippen molar-refractivity contribution < 1.29 is 19.4 Å². The molecule has 0 radical (unpaired) electrons. The monoisotopic (exact) mass is 318 g/mol. The van der Waals surface area contributed by atoms with E-state index in [0.717, 1.165) is 31.0 Å². The fourth-order valence-corrected chi connectivity index (χ4v) is 4.20. The van der Waals surface area contributed by atoms with Gasteiger partial charge in [-0.25, -0.2) is 4.79 Å². The van der Waals surface area contributed by atoms with Gasteiger partial charge in [-0.2, -0.15) is 0 Å². The van der Waals surface area contributed by atoms with Crippen molar-refractivity contribution in [1.29, 1.82) is 0 Å². The number of hydrogen-bond acceptors (Lipinski definition) is 6. The SMILES string of the molecule is O=C(OC1C2CCC2C2CC21)c1cc([N+](=O)[O-])cc([N+](=O)[O-])c1. The molecule has 8 nitrogen and oxygen atoms in total. The molecule has 8 heteroatoms. The molecule has 3 aliphatic rings. The zero-order valence-electron chi connectivity index (χ0n) is 12.1. The molecule has 0 heterocycles. The first kappa shape index (κ1) is 14.1. The molecule has 0 amide bonds. The number of nitro benzene ring substituents is 2. The third kappa shape index (κ3) is 2.16. The van der Waals surface area contributed by atoms with Gasteiger partial charge in [-0.3, -0.25) is 20.2 Å². The summed E-state index contributed by atoms with van der Waals surface area (Å²) in [7, 11) is 0. The summed E-state index contributed by atoms with van der Waals surface area (Å²) >= 11 is 0. The number of nitrogens with zero attached hydrogens (tertiary/aromatic N) is 2. The van der Waals surface area contributed by atoms with E-state index in [1.165, 1.54) is 6.42 Å². The van der Waals surface area contributed by atoms with Crippen LogP contribution in [0, 0.1) is 43.9 Å². The maximum atomic E-state index is 12.3. The van der Waals surface area contributed by atoms with Gasteiger partial charge in [0.2, 0.25) is 0 Å². The van der Waals surface area contributed by atoms with Gasteiger partial charge in [0.15, 0.2) is 0 Å². The first-order chi connectivity index (χ1) is 11.0. The van der Waals surface area contributed by atoms with Gasteiger partial charge >= 0.3 is 5.97 Å². The van der Waals surface area contributed by atoms with Crippen LogP contribution >= 0.6 is 0 Å². The zero-order chi connectivity index (χ0) is 16.3. The summed E-state index contributed by atoms with van der Waals surface area (Å²) in [5.41, 5.74) is -1.10. The highest BCUT2D eigenvalue weighted by Crippen LogP contribution is 2.66. The number of carbonyl (C=O) groups is 1. The van der Waals surface area contributed by atoms with E-state index in [0.29, 0.717) is 23.7 Å². The average molecular weight is 318 g/mol. The Bertz CT molecular complexity index is 700. The summed E-state index contributed by atoms with van der Waals surface area (Å²) in [6.45, 7) is 0. The zero-order valence-corrected chi connectivity index (χ0v) is 12.1. The van der Waals surface area contributed by atoms with Gasteiger partial charge in [0.1, 0.15) is 6.10 Å². The second-order valence-corrected chi connectivity index (χ2v) is 6.59. The molecule has 4 rings (SSSR count). The molecule has 120 valence electrons. The van der Waals surface area contributed by atoms with Crippen LogP contribution in [-0.2, 0) is 4.74 Å². The van der Waals surface area contributed by atoms with Gasteiger partial charge in [-0.15, -0.1) is 0 Å². The van der Waals surface area contributed by atoms with Crippen molar-refractivity contribution in [2.24, 2.45) is 23.7 Å². The lowest BCUT2D eigenvalue weighted by atomic mass is 9.72. The number of rotatable bonds is 4. The predicted octanol–water partition coefficient (Wildman–Crippen LogP) is 2.70. The molecule has 0 aliphatic heterocycles. The molecule has 0 spiro atoms. The van der Waals surface area contributed by atoms with Gasteiger partial charge in [-0.05, 0) is 42.9 Å². The number of carbonyl (C=O) groups excluding carboxylic acids is 1. The van der Waals surface area contributed by atoms with E-state index >= 15 is 0 Å². The van der Waals surface area contributed by atoms with Crippen LogP contribution in [0.3, 0.4) is 0 Å². The number of esters is 1. The Hall–Kier alpha value is -2.51. The molecule has 0 saturated heterocycles. The van der Waals surface area contributed by atoms with Gasteiger partial charge < -0.3 is 4.74 Å². The standard InChI is InChI=1S/C15H14N2O6/c18-15(23-14-11-2-1-10(11)12-6-13(12)14)7-3-8(16(19)20)5-9(4-7)17(21)22/h3-5,10-14H,1-2,6H2. The van der Waals surface area contributed by atoms with E-state index in [1.54, 1.807) is 0 Å². The molecule has 23 heavy (non-hydrogen) atoms. The highest BCUT2D eigenvalue weighted by atomic mass is 16.6. The third-order valence-electron chi connectivity index (χ3n) is 5.47. The highest BCUT2D eigenvalue weighted by molar-refractivity contribution is 5.91. The van der Waals surface area contributed by atoms with Gasteiger partial charge in [-0.1, -0.05) is 0 Å². The summed E-state index contributed by atoms with van der Waals surface area (Å²) in [5, 5.41) is 21.8. The van der Waals surface area contributed by atoms with Gasteiger partial charge in [0.05, 0.1) is 21.5 Å². The largest absolute Gasteiger partial charge is 0.458 e. The summed E-state index contributed by atoms with van der Waals surface area (Å²) < 4.78 is 5.57. The Kier molecular flexibility index (Phi) is 2.91. The van der Waals surface area contributed by atoms with Crippen molar-refractivity contribution in [2.45, 2.75) is 25.4 Å². The number of non-ortho nitro benzene ring substituents is 2. The predicted molar refractivity (Wildman–Crippen MR) is 76.8 cm³/mol. The van der Waals surface area contributed by atoms with E-state index in [9.17, 15) is 25.0 Å². The molecule has 5 unspecified atom stereocenters. The van der Waals surface area contributed by atoms with E-state index in [-0.39, 0.29) is 11.7 Å². The van der Waals surface area contributed by atoms with Crippen LogP contribution in [-0.4, -0.2) is 21.9 Å². The van der Waals surface area contributed by atoms with Crippen molar-refractivity contribution in [3.8, 4) is 0 Å². The lowest BCUT2D eigenvalue weighted by Gasteiger charge is -2.36. The van der Waals surface area contributed by atoms with Crippen molar-refractivity contribution >= 4 is 17.3 Å². The molecule has 5 atom stereocenters. The van der Waals surface area contributed by atoms with Crippen LogP contribution < -0.4 is 0 Å². The number of benzene rings is 1. The minimum atomic E-state index is -0.752. The number of fused-ring (bicyclic) bond motifs is 3. The summed E-state index contributed by atoms with van der Waals surface area (Å²) in [6.07, 6.45) is 3.17. The number of nitro groups is 2. The van der Waals surface area contributed by atoms with Gasteiger partial charge in [0, 0.05) is 12.1 Å². The quantitative estimate of drug-likeness (QED) is 0.479. The molecule has 0 bridgehead atoms. The second kappa shape index (κ2) is 4.74. The van der Waals surface area contributed by atoms with Crippen LogP contribution in [0.5, 0.6) is 0 Å². The first-order valence-corrected chi connectivity index (χ1v) is 7.60. The third-order valence-corrected chi connectivity index (χ3v) is 5.47. The fraction of sp³-hybridized carbons (Fsp3) is 0.533. The van der Waals surface area contributed by atoms with E-state index in [4.69, 9.17) is 4.74 Å². The van der Waals surface area contributed by atoms with Crippen molar-refractivity contribution in [2.75, 3.05) is 0 Å². The maximum Gasteiger partial charge on any atom is 0.338 e. The maximum absolute atomic E-state index is 12.3. The highest BCUT2D eigenvalue weighted by Gasteiger charge is 2.64. The molecule has 3 saturated carbocycles. The Morgan fingerprint density at radius 1 is 0.957 bits per heavy atom. The van der Waals surface area contributed by atoms with Crippen molar-refractivity contribution in [3.05, 3.63) is 44.0 Å². The Morgan fingerprint density at radius 2 is 1.57 bits per heavy atom. The second-order valence-electron chi connectivity index (χ2n) is 6.59. The lowest BCUT2D eigenvalue weighted by molar-refractivity contribution is -0.394. The molecular weight excluding hydrogens is 304 g/mol. The molecular formula is C15H14N2O6. The summed E-state index contributed by atoms with van der Waals surface area (Å²) in [5.74, 6) is 1.41. The van der Waals surface area contributed by atoms with E-state index in [2.05, 4.69) is 0 Å². The number of hydrogen-bond donors (Lipinski definition) is 0.